The highest BCUT2D eigenvalue weighted by molar-refractivity contribution is 5.99. The predicted octanol–water partition coefficient (Wildman–Crippen LogP) is 4.09. The average Bonchev–Trinajstić information content (AvgIpc) is 2.88. The lowest BCUT2D eigenvalue weighted by molar-refractivity contribution is -0.115. The largest absolute Gasteiger partial charge is 0.485 e. The average molecular weight is 438 g/mol. The number of nitrogens with zero attached hydrogens (tertiary/aromatic N) is 2. The minimum Gasteiger partial charge on any atom is -0.485 e. The molecule has 0 spiro atoms. The third kappa shape index (κ3) is 6.01. The summed E-state index contributed by atoms with van der Waals surface area (Å²) in [6.45, 7) is 0.117. The van der Waals surface area contributed by atoms with Crippen molar-refractivity contribution >= 4 is 17.6 Å². The van der Waals surface area contributed by atoms with Gasteiger partial charge in [0.2, 0.25) is 5.91 Å². The van der Waals surface area contributed by atoms with E-state index in [9.17, 15) is 9.59 Å². The van der Waals surface area contributed by atoms with Crippen molar-refractivity contribution < 1.29 is 14.3 Å². The van der Waals surface area contributed by atoms with Crippen LogP contribution in [0.25, 0.3) is 11.1 Å². The maximum absolute atomic E-state index is 12.4. The molecule has 33 heavy (non-hydrogen) atoms. The molecule has 0 saturated carbocycles. The summed E-state index contributed by atoms with van der Waals surface area (Å²) in [5.41, 5.74) is 3.50. The fourth-order valence-corrected chi connectivity index (χ4v) is 3.12. The van der Waals surface area contributed by atoms with Gasteiger partial charge in [-0.15, -0.1) is 0 Å². The number of carbonyl (C=O) groups excluding carboxylic acids is 2. The van der Waals surface area contributed by atoms with E-state index < -0.39 is 5.91 Å². The number of hydrogen-bond acceptors (Lipinski definition) is 5. The number of aromatic nitrogens is 2. The van der Waals surface area contributed by atoms with Crippen LogP contribution < -0.4 is 15.4 Å². The lowest BCUT2D eigenvalue weighted by Gasteiger charge is -2.12. The molecular formula is C26H22N4O3. The van der Waals surface area contributed by atoms with E-state index in [0.29, 0.717) is 17.9 Å². The smallest absolute Gasteiger partial charge is 0.251 e. The zero-order valence-electron chi connectivity index (χ0n) is 17.8. The third-order valence-corrected chi connectivity index (χ3v) is 4.84. The van der Waals surface area contributed by atoms with Gasteiger partial charge < -0.3 is 15.4 Å². The Morgan fingerprint density at radius 2 is 1.52 bits per heavy atom. The molecule has 2 heterocycles. The van der Waals surface area contributed by atoms with Crippen LogP contribution in [0.3, 0.4) is 0 Å². The molecule has 0 atom stereocenters. The molecule has 2 aromatic heterocycles. The minimum atomic E-state index is -0.406. The van der Waals surface area contributed by atoms with Gasteiger partial charge in [-0.05, 0) is 53.1 Å². The third-order valence-electron chi connectivity index (χ3n) is 4.84. The molecule has 4 rings (SSSR count). The van der Waals surface area contributed by atoms with Crippen LogP contribution in [0.4, 0.5) is 5.82 Å². The van der Waals surface area contributed by atoms with Crippen molar-refractivity contribution in [2.45, 2.75) is 6.61 Å². The Kier molecular flexibility index (Phi) is 7.02. The van der Waals surface area contributed by atoms with Crippen molar-refractivity contribution in [3.05, 3.63) is 109 Å². The Morgan fingerprint density at radius 1 is 0.788 bits per heavy atom. The first kappa shape index (κ1) is 21.7. The number of hydrogen-bond donors (Lipinski definition) is 2. The molecule has 0 radical (unpaired) electrons. The Labute approximate surface area is 191 Å². The summed E-state index contributed by atoms with van der Waals surface area (Å²) < 4.78 is 5.77. The molecule has 2 amide bonds. The summed E-state index contributed by atoms with van der Waals surface area (Å²) in [6, 6.07) is 24.3. The fourth-order valence-electron chi connectivity index (χ4n) is 3.12. The van der Waals surface area contributed by atoms with Crippen LogP contribution in [0.15, 0.2) is 97.5 Å². The van der Waals surface area contributed by atoms with E-state index in [1.807, 2.05) is 54.6 Å². The molecule has 0 bridgehead atoms. The monoisotopic (exact) mass is 438 g/mol. The quantitative estimate of drug-likeness (QED) is 0.432. The van der Waals surface area contributed by atoms with Crippen LogP contribution in [0, 0.1) is 0 Å². The molecule has 0 unspecified atom stereocenters. The van der Waals surface area contributed by atoms with E-state index in [1.165, 1.54) is 0 Å². The zero-order chi connectivity index (χ0) is 22.9. The summed E-state index contributed by atoms with van der Waals surface area (Å²) in [5, 5.41) is 5.31. The first-order valence-corrected chi connectivity index (χ1v) is 10.4. The Hall–Kier alpha value is -4.52. The lowest BCUT2D eigenvalue weighted by Crippen LogP contribution is -2.33. The number of benzene rings is 2. The number of carbonyl (C=O) groups is 2. The van der Waals surface area contributed by atoms with E-state index in [4.69, 9.17) is 4.74 Å². The molecule has 0 aliphatic heterocycles. The maximum Gasteiger partial charge on any atom is 0.251 e. The first-order chi connectivity index (χ1) is 16.2. The second-order valence-corrected chi connectivity index (χ2v) is 7.17. The minimum absolute atomic E-state index is 0.195. The fraction of sp³-hybridized carbons (Fsp3) is 0.0769. The molecule has 0 aliphatic carbocycles. The number of nitrogens with one attached hydrogen (secondary N) is 2. The van der Waals surface area contributed by atoms with Gasteiger partial charge in [0.25, 0.3) is 5.91 Å². The molecular weight excluding hydrogens is 416 g/mol. The van der Waals surface area contributed by atoms with Gasteiger partial charge in [0.15, 0.2) is 11.6 Å². The van der Waals surface area contributed by atoms with E-state index in [-0.39, 0.29) is 18.3 Å². The second kappa shape index (κ2) is 10.7. The van der Waals surface area contributed by atoms with Crippen LogP contribution >= 0.6 is 0 Å². The number of pyridine rings is 2. The molecule has 2 N–H and O–H groups in total. The lowest BCUT2D eigenvalue weighted by atomic mass is 10.0. The van der Waals surface area contributed by atoms with Gasteiger partial charge in [0.05, 0.1) is 6.54 Å². The zero-order valence-corrected chi connectivity index (χ0v) is 17.8. The first-order valence-electron chi connectivity index (χ1n) is 10.4. The summed E-state index contributed by atoms with van der Waals surface area (Å²) in [4.78, 5) is 33.0. The van der Waals surface area contributed by atoms with E-state index >= 15 is 0 Å². The van der Waals surface area contributed by atoms with Crippen LogP contribution in [-0.2, 0) is 11.4 Å². The Morgan fingerprint density at radius 3 is 2.27 bits per heavy atom. The Bertz CT molecular complexity index is 1210. The molecule has 0 aliphatic rings. The van der Waals surface area contributed by atoms with Crippen LogP contribution in [0.1, 0.15) is 15.9 Å². The van der Waals surface area contributed by atoms with Crippen molar-refractivity contribution in [3.63, 3.8) is 0 Å². The summed E-state index contributed by atoms with van der Waals surface area (Å²) in [6.07, 6.45) is 4.92. The van der Waals surface area contributed by atoms with Gasteiger partial charge in [-0.2, -0.15) is 0 Å². The van der Waals surface area contributed by atoms with Crippen LogP contribution in [0.5, 0.6) is 5.75 Å². The molecule has 4 aromatic rings. The Balaban J connectivity index is 1.31. The number of ether oxygens (including phenoxy) is 1. The highest BCUT2D eigenvalue weighted by Crippen LogP contribution is 2.22. The molecule has 2 aromatic carbocycles. The van der Waals surface area contributed by atoms with E-state index in [0.717, 1.165) is 16.7 Å². The van der Waals surface area contributed by atoms with Gasteiger partial charge in [-0.1, -0.05) is 42.5 Å². The number of anilines is 1. The molecule has 164 valence electrons. The predicted molar refractivity (Wildman–Crippen MR) is 126 cm³/mol. The molecule has 0 fully saturated rings. The van der Waals surface area contributed by atoms with E-state index in [2.05, 4.69) is 20.6 Å². The van der Waals surface area contributed by atoms with Crippen molar-refractivity contribution in [1.29, 1.82) is 0 Å². The van der Waals surface area contributed by atoms with Gasteiger partial charge in [0.1, 0.15) is 6.61 Å². The summed E-state index contributed by atoms with van der Waals surface area (Å²) >= 11 is 0. The van der Waals surface area contributed by atoms with Crippen molar-refractivity contribution in [1.82, 2.24) is 15.3 Å². The topological polar surface area (TPSA) is 93.2 Å². The molecule has 7 nitrogen and oxygen atoms in total. The van der Waals surface area contributed by atoms with Gasteiger partial charge in [-0.25, -0.2) is 4.98 Å². The van der Waals surface area contributed by atoms with Gasteiger partial charge in [-0.3, -0.25) is 14.6 Å². The van der Waals surface area contributed by atoms with Gasteiger partial charge in [0, 0.05) is 24.2 Å². The number of amides is 2. The highest BCUT2D eigenvalue weighted by atomic mass is 16.5. The van der Waals surface area contributed by atoms with E-state index in [1.54, 1.807) is 42.9 Å². The standard InChI is InChI=1S/C26H22N4O3/c31-24(30-25-23(7-4-14-28-25)33-18-19-12-15-27-16-13-19)17-29-26(32)22-10-8-21(9-11-22)20-5-2-1-3-6-20/h1-16H,17-18H2,(H,29,32)(H,28,30,31). The summed E-state index contributed by atoms with van der Waals surface area (Å²) in [7, 11) is 0. The second-order valence-electron chi connectivity index (χ2n) is 7.17. The SMILES string of the molecule is O=C(CNC(=O)c1ccc(-c2ccccc2)cc1)Nc1ncccc1OCc1ccncc1. The highest BCUT2D eigenvalue weighted by Gasteiger charge is 2.12. The molecule has 0 saturated heterocycles. The van der Waals surface area contributed by atoms with Crippen LogP contribution in [-0.4, -0.2) is 28.3 Å². The van der Waals surface area contributed by atoms with Gasteiger partial charge >= 0.3 is 0 Å². The normalized spacial score (nSPS) is 10.3. The molecule has 7 heteroatoms. The van der Waals surface area contributed by atoms with Crippen molar-refractivity contribution in [2.24, 2.45) is 0 Å². The van der Waals surface area contributed by atoms with Crippen LogP contribution in [0.2, 0.25) is 0 Å². The summed E-state index contributed by atoms with van der Waals surface area (Å²) in [5.74, 6) is -0.0137. The van der Waals surface area contributed by atoms with Crippen molar-refractivity contribution in [3.8, 4) is 16.9 Å². The van der Waals surface area contributed by atoms with Crippen molar-refractivity contribution in [2.75, 3.05) is 11.9 Å². The maximum atomic E-state index is 12.4. The number of rotatable bonds is 8.